The molecular weight excluding hydrogens is 275 g/mol. The fourth-order valence-electron chi connectivity index (χ4n) is 3.01. The van der Waals surface area contributed by atoms with Crippen LogP contribution in [0, 0.1) is 15.9 Å². The molecule has 6 heteroatoms. The van der Waals surface area contributed by atoms with E-state index in [9.17, 15) is 19.6 Å². The Kier molecular flexibility index (Phi) is 5.64. The number of rotatable bonds is 6. The third kappa shape index (κ3) is 3.98. The Balaban J connectivity index is 2.16. The van der Waals surface area contributed by atoms with Crippen molar-refractivity contribution in [3.63, 3.8) is 0 Å². The molecule has 116 valence electrons. The maximum absolute atomic E-state index is 14.2. The van der Waals surface area contributed by atoms with Gasteiger partial charge < -0.3 is 5.11 Å². The number of aliphatic hydroxyl groups is 1. The van der Waals surface area contributed by atoms with E-state index in [0.29, 0.717) is 24.7 Å². The van der Waals surface area contributed by atoms with Crippen LogP contribution in [0.2, 0.25) is 0 Å². The van der Waals surface area contributed by atoms with Crippen LogP contribution in [0.3, 0.4) is 0 Å². The quantitative estimate of drug-likeness (QED) is 0.647. The monoisotopic (exact) mass is 296 g/mol. The van der Waals surface area contributed by atoms with Gasteiger partial charge in [0.1, 0.15) is 0 Å². The van der Waals surface area contributed by atoms with Crippen LogP contribution in [-0.4, -0.2) is 34.1 Å². The topological polar surface area (TPSA) is 66.6 Å². The summed E-state index contributed by atoms with van der Waals surface area (Å²) in [6.45, 7) is 0.776. The number of nitrogens with zero attached hydrogens (tertiary/aromatic N) is 2. The number of nitro benzene ring substituents is 1. The van der Waals surface area contributed by atoms with E-state index in [-0.39, 0.29) is 6.61 Å². The van der Waals surface area contributed by atoms with Crippen LogP contribution in [0.4, 0.5) is 10.1 Å². The molecule has 0 spiro atoms. The van der Waals surface area contributed by atoms with Crippen LogP contribution in [0.15, 0.2) is 18.2 Å². The number of nitro groups is 1. The molecule has 0 saturated heterocycles. The predicted molar refractivity (Wildman–Crippen MR) is 77.4 cm³/mol. The average Bonchev–Trinajstić information content (AvgIpc) is 2.49. The van der Waals surface area contributed by atoms with E-state index in [1.165, 1.54) is 18.6 Å². The van der Waals surface area contributed by atoms with Crippen LogP contribution in [0.5, 0.6) is 0 Å². The molecular formula is C15H21FN2O3. The molecule has 1 aromatic rings. The lowest BCUT2D eigenvalue weighted by atomic mass is 9.94. The van der Waals surface area contributed by atoms with Crippen molar-refractivity contribution in [3.05, 3.63) is 39.7 Å². The van der Waals surface area contributed by atoms with Gasteiger partial charge in [-0.15, -0.1) is 0 Å². The minimum atomic E-state index is -0.763. The molecule has 1 aromatic carbocycles. The summed E-state index contributed by atoms with van der Waals surface area (Å²) < 4.78 is 14.2. The van der Waals surface area contributed by atoms with Crippen LogP contribution in [0.1, 0.15) is 37.7 Å². The summed E-state index contributed by atoms with van der Waals surface area (Å²) in [5.74, 6) is -0.763. The Bertz CT molecular complexity index is 490. The lowest BCUT2D eigenvalue weighted by Crippen LogP contribution is -2.38. The summed E-state index contributed by atoms with van der Waals surface area (Å²) in [4.78, 5) is 12.1. The van der Waals surface area contributed by atoms with Crippen molar-refractivity contribution in [2.45, 2.75) is 44.7 Å². The SMILES string of the molecule is O=[N+]([O-])c1cccc(CN(CCO)C2CCCCC2)c1F. The highest BCUT2D eigenvalue weighted by Gasteiger charge is 2.24. The number of hydrogen-bond acceptors (Lipinski definition) is 4. The normalized spacial score (nSPS) is 16.3. The van der Waals surface area contributed by atoms with Gasteiger partial charge in [-0.3, -0.25) is 15.0 Å². The molecule has 1 aliphatic carbocycles. The van der Waals surface area contributed by atoms with Crippen molar-refractivity contribution in [2.75, 3.05) is 13.2 Å². The minimum absolute atomic E-state index is 0.00699. The Hall–Kier alpha value is -1.53. The van der Waals surface area contributed by atoms with E-state index in [1.54, 1.807) is 6.07 Å². The number of benzene rings is 1. The van der Waals surface area contributed by atoms with Crippen molar-refractivity contribution in [2.24, 2.45) is 0 Å². The second-order valence-corrected chi connectivity index (χ2v) is 5.49. The molecule has 21 heavy (non-hydrogen) atoms. The first-order valence-corrected chi connectivity index (χ1v) is 7.40. The Morgan fingerprint density at radius 1 is 1.33 bits per heavy atom. The first-order valence-electron chi connectivity index (χ1n) is 7.40. The van der Waals surface area contributed by atoms with E-state index >= 15 is 0 Å². The molecule has 1 N–H and O–H groups in total. The highest BCUT2D eigenvalue weighted by molar-refractivity contribution is 5.36. The second kappa shape index (κ2) is 7.47. The molecule has 1 fully saturated rings. The van der Waals surface area contributed by atoms with Crippen LogP contribution in [0.25, 0.3) is 0 Å². The summed E-state index contributed by atoms with van der Waals surface area (Å²) in [7, 11) is 0. The minimum Gasteiger partial charge on any atom is -0.395 e. The summed E-state index contributed by atoms with van der Waals surface area (Å²) in [5.41, 5.74) is -0.164. The molecule has 0 radical (unpaired) electrons. The van der Waals surface area contributed by atoms with E-state index < -0.39 is 16.4 Å². The lowest BCUT2D eigenvalue weighted by molar-refractivity contribution is -0.387. The van der Waals surface area contributed by atoms with Gasteiger partial charge in [0.25, 0.3) is 0 Å². The van der Waals surface area contributed by atoms with Gasteiger partial charge in [0.2, 0.25) is 5.82 Å². The Morgan fingerprint density at radius 3 is 2.67 bits per heavy atom. The molecule has 0 aromatic heterocycles. The third-order valence-corrected chi connectivity index (χ3v) is 4.11. The molecule has 0 amide bonds. The second-order valence-electron chi connectivity index (χ2n) is 5.49. The standard InChI is InChI=1S/C15H21FN2O3/c16-15-12(5-4-8-14(15)18(20)21)11-17(9-10-19)13-6-2-1-3-7-13/h4-5,8,13,19H,1-3,6-7,9-11H2. The van der Waals surface area contributed by atoms with Gasteiger partial charge in [-0.25, -0.2) is 0 Å². The molecule has 2 rings (SSSR count). The molecule has 1 aliphatic rings. The summed E-state index contributed by atoms with van der Waals surface area (Å²) in [6, 6.07) is 4.59. The molecule has 0 bridgehead atoms. The van der Waals surface area contributed by atoms with Gasteiger partial charge in [-0.2, -0.15) is 4.39 Å². The molecule has 5 nitrogen and oxygen atoms in total. The zero-order valence-corrected chi connectivity index (χ0v) is 12.0. The first-order chi connectivity index (χ1) is 10.1. The first kappa shape index (κ1) is 15.9. The lowest BCUT2D eigenvalue weighted by Gasteiger charge is -2.34. The van der Waals surface area contributed by atoms with E-state index in [2.05, 4.69) is 0 Å². The van der Waals surface area contributed by atoms with Gasteiger partial charge in [0, 0.05) is 30.8 Å². The number of hydrogen-bond donors (Lipinski definition) is 1. The molecule has 0 atom stereocenters. The summed E-state index contributed by atoms with van der Waals surface area (Å²) in [5, 5.41) is 20.0. The fraction of sp³-hybridized carbons (Fsp3) is 0.600. The van der Waals surface area contributed by atoms with E-state index in [4.69, 9.17) is 0 Å². The van der Waals surface area contributed by atoms with Crippen molar-refractivity contribution in [1.82, 2.24) is 4.90 Å². The predicted octanol–water partition coefficient (Wildman–Crippen LogP) is 2.86. The zero-order valence-electron chi connectivity index (χ0n) is 12.0. The van der Waals surface area contributed by atoms with Gasteiger partial charge in [-0.05, 0) is 12.8 Å². The molecule has 0 aliphatic heterocycles. The van der Waals surface area contributed by atoms with Crippen LogP contribution < -0.4 is 0 Å². The van der Waals surface area contributed by atoms with Crippen molar-refractivity contribution < 1.29 is 14.4 Å². The maximum Gasteiger partial charge on any atom is 0.305 e. The van der Waals surface area contributed by atoms with Crippen molar-refractivity contribution in [1.29, 1.82) is 0 Å². The summed E-state index contributed by atoms with van der Waals surface area (Å²) in [6.07, 6.45) is 5.58. The average molecular weight is 296 g/mol. The van der Waals surface area contributed by atoms with Crippen molar-refractivity contribution in [3.8, 4) is 0 Å². The van der Waals surface area contributed by atoms with Crippen LogP contribution in [-0.2, 0) is 6.54 Å². The number of aliphatic hydroxyl groups excluding tert-OH is 1. The molecule has 1 saturated carbocycles. The highest BCUT2D eigenvalue weighted by atomic mass is 19.1. The van der Waals surface area contributed by atoms with Gasteiger partial charge >= 0.3 is 5.69 Å². The largest absolute Gasteiger partial charge is 0.395 e. The zero-order chi connectivity index (χ0) is 15.2. The van der Waals surface area contributed by atoms with Crippen molar-refractivity contribution >= 4 is 5.69 Å². The Labute approximate surface area is 123 Å². The molecule has 0 unspecified atom stereocenters. The maximum atomic E-state index is 14.2. The van der Waals surface area contributed by atoms with E-state index in [0.717, 1.165) is 25.7 Å². The highest BCUT2D eigenvalue weighted by Crippen LogP contribution is 2.26. The summed E-state index contributed by atoms with van der Waals surface area (Å²) >= 11 is 0. The third-order valence-electron chi connectivity index (χ3n) is 4.11. The van der Waals surface area contributed by atoms with Gasteiger partial charge in [0.05, 0.1) is 11.5 Å². The van der Waals surface area contributed by atoms with Gasteiger partial charge in [0.15, 0.2) is 0 Å². The Morgan fingerprint density at radius 2 is 2.05 bits per heavy atom. The van der Waals surface area contributed by atoms with Gasteiger partial charge in [-0.1, -0.05) is 31.4 Å². The van der Waals surface area contributed by atoms with Crippen LogP contribution >= 0.6 is 0 Å². The number of halogens is 1. The fourth-order valence-corrected chi connectivity index (χ4v) is 3.01. The molecule has 0 heterocycles. The van der Waals surface area contributed by atoms with E-state index in [1.807, 2.05) is 4.90 Å². The smallest absolute Gasteiger partial charge is 0.305 e.